The van der Waals surface area contributed by atoms with Gasteiger partial charge in [-0.15, -0.1) is 3.63 Å². The first-order valence-corrected chi connectivity index (χ1v) is 21.1. The highest BCUT2D eigenvalue weighted by Gasteiger charge is 2.57. The molecule has 0 spiro atoms. The van der Waals surface area contributed by atoms with E-state index in [1.54, 1.807) is 24.8 Å². The molecule has 0 unspecified atom stereocenters. The number of aromatic nitrogens is 8. The van der Waals surface area contributed by atoms with Gasteiger partial charge in [0, 0.05) is 37.2 Å². The topological polar surface area (TPSA) is 275 Å². The Kier molecular flexibility index (Phi) is 22.0. The number of halogens is 10. The third-order valence-corrected chi connectivity index (χ3v) is 8.78. The van der Waals surface area contributed by atoms with Crippen molar-refractivity contribution in [2.75, 3.05) is 30.8 Å². The second-order valence-electron chi connectivity index (χ2n) is 8.60. The number of rotatable bonds is 5. The summed E-state index contributed by atoms with van der Waals surface area (Å²) < 4.78 is 118. The summed E-state index contributed by atoms with van der Waals surface area (Å²) in [6.07, 6.45) is 19.7. The van der Waals surface area contributed by atoms with Gasteiger partial charge in [-0.1, -0.05) is 67.8 Å². The third kappa shape index (κ3) is 20.2. The molecule has 4 aromatic heterocycles. The monoisotopic (exact) mass is 948 g/mol. The first-order valence-electron chi connectivity index (χ1n) is 12.8. The fraction of sp³-hybridized carbons (Fsp3) is 0.273. The van der Waals surface area contributed by atoms with E-state index in [2.05, 4.69) is 48.6 Å². The lowest BCUT2D eigenvalue weighted by molar-refractivity contribution is -0.389. The molecule has 0 bridgehead atoms. The summed E-state index contributed by atoms with van der Waals surface area (Å²) in [4.78, 5) is 39.1. The van der Waals surface area contributed by atoms with Gasteiger partial charge in [0.15, 0.2) is 39.1 Å². The van der Waals surface area contributed by atoms with Gasteiger partial charge in [0.1, 0.15) is 0 Å². The summed E-state index contributed by atoms with van der Waals surface area (Å²) in [7, 11) is -13.8. The van der Waals surface area contributed by atoms with Gasteiger partial charge in [0.2, 0.25) is 5.15 Å². The van der Waals surface area contributed by atoms with Crippen molar-refractivity contribution in [2.24, 2.45) is 8.73 Å². The molecule has 33 heteroatoms. The average Bonchev–Trinajstić information content (AvgIpc) is 3.04. The summed E-state index contributed by atoms with van der Waals surface area (Å²) in [5.41, 5.74) is -7.30. The molecule has 0 aliphatic rings. The fourth-order valence-electron chi connectivity index (χ4n) is 2.06. The van der Waals surface area contributed by atoms with Gasteiger partial charge in [-0.05, 0) is 34.9 Å². The zero-order chi connectivity index (χ0) is 42.8. The van der Waals surface area contributed by atoms with E-state index in [4.69, 9.17) is 52.1 Å². The Morgan fingerprint density at radius 3 is 1.16 bits per heavy atom. The van der Waals surface area contributed by atoms with Gasteiger partial charge in [0.05, 0.1) is 6.20 Å². The number of anilines is 1. The number of hydrogen-bond acceptors (Lipinski definition) is 18. The Labute approximate surface area is 332 Å². The summed E-state index contributed by atoms with van der Waals surface area (Å²) in [5, 5.41) is 10.8. The van der Waals surface area contributed by atoms with Crippen molar-refractivity contribution in [1.29, 1.82) is 0 Å². The molecule has 0 radical (unpaired) electrons. The van der Waals surface area contributed by atoms with Crippen LogP contribution in [0.3, 0.4) is 0 Å². The minimum Gasteiger partial charge on any atom is -0.381 e. The summed E-state index contributed by atoms with van der Waals surface area (Å²) in [6, 6.07) is 0. The van der Waals surface area contributed by atoms with Crippen LogP contribution in [0.5, 0.6) is 0 Å². The van der Waals surface area contributed by atoms with Crippen molar-refractivity contribution < 1.29 is 51.7 Å². The van der Waals surface area contributed by atoms with E-state index in [1.807, 2.05) is 28.7 Å². The van der Waals surface area contributed by atoms with Crippen molar-refractivity contribution in [3.05, 3.63) is 80.3 Å². The Bertz CT molecular complexity index is 2050. The van der Waals surface area contributed by atoms with Crippen molar-refractivity contribution in [3.63, 3.8) is 0 Å². The molecule has 19 nitrogen and oxygen atoms in total. The zero-order valence-electron chi connectivity index (χ0n) is 27.4. The molecule has 0 aliphatic heterocycles. The van der Waals surface area contributed by atoms with Crippen molar-refractivity contribution >= 4 is 111 Å². The second-order valence-corrected chi connectivity index (χ2v) is 16.8. The largest absolute Gasteiger partial charge is 0.524 e. The van der Waals surface area contributed by atoms with Crippen LogP contribution in [0.15, 0.2) is 58.3 Å². The van der Waals surface area contributed by atoms with Crippen LogP contribution >= 0.6 is 46.4 Å². The van der Waals surface area contributed by atoms with Gasteiger partial charge in [-0.2, -0.15) is 43.2 Å². The van der Waals surface area contributed by atoms with Gasteiger partial charge in [0.25, 0.3) is 0 Å². The van der Waals surface area contributed by atoms with E-state index in [-0.39, 0.29) is 37.5 Å². The molecular formula is C22H22Cl4F6N12O7S4. The minimum atomic E-state index is -6.85. The maximum absolute atomic E-state index is 11.4. The molecule has 0 saturated carbocycles. The molecule has 0 saturated heterocycles. The second kappa shape index (κ2) is 23.5. The SMILES string of the molecule is CS(C)=Nc1nccnc1Cl.CS(C)=Nc1nccnc1Cl.Nc1nccnc1Cl.O=S(=O)(OS(=O)(=O)C(F)(F)F)C(F)(F)F.O=[N+]([O-])c1nccnc1Cl. The molecule has 4 heterocycles. The highest BCUT2D eigenvalue weighted by atomic mass is 35.5. The van der Waals surface area contributed by atoms with E-state index >= 15 is 0 Å². The lowest BCUT2D eigenvalue weighted by Crippen LogP contribution is -2.34. The summed E-state index contributed by atoms with van der Waals surface area (Å²) in [5.74, 6) is 0.920. The maximum atomic E-state index is 11.4. The number of nitro groups is 1. The number of nitrogens with zero attached hydrogens (tertiary/aromatic N) is 11. The first kappa shape index (κ1) is 51.4. The molecule has 0 amide bonds. The van der Waals surface area contributed by atoms with Gasteiger partial charge < -0.3 is 15.8 Å². The number of alkyl halides is 6. The van der Waals surface area contributed by atoms with Crippen LogP contribution in [0.4, 0.5) is 49.6 Å². The van der Waals surface area contributed by atoms with Gasteiger partial charge >= 0.3 is 37.1 Å². The Morgan fingerprint density at radius 1 is 0.618 bits per heavy atom. The molecule has 306 valence electrons. The molecule has 0 aliphatic carbocycles. The van der Waals surface area contributed by atoms with Crippen molar-refractivity contribution in [3.8, 4) is 0 Å². The normalized spacial score (nSPS) is 11.3. The Hall–Kier alpha value is -3.58. The highest BCUT2D eigenvalue weighted by molar-refractivity contribution is 8.00. The minimum absolute atomic E-state index is 0.0388. The lowest BCUT2D eigenvalue weighted by atomic mass is 10.7. The first-order chi connectivity index (χ1) is 25.1. The molecule has 4 aromatic rings. The molecule has 0 aromatic carbocycles. The van der Waals surface area contributed by atoms with Crippen molar-refractivity contribution in [1.82, 2.24) is 39.9 Å². The summed E-state index contributed by atoms with van der Waals surface area (Å²) >= 11 is 22.1. The Balaban J connectivity index is 0.000000671. The van der Waals surface area contributed by atoms with E-state index in [0.29, 0.717) is 21.9 Å². The third-order valence-electron chi connectivity index (χ3n) is 4.04. The molecule has 0 fully saturated rings. The van der Waals surface area contributed by atoms with E-state index in [0.717, 1.165) is 0 Å². The van der Waals surface area contributed by atoms with Crippen molar-refractivity contribution in [2.45, 2.75) is 11.0 Å². The van der Waals surface area contributed by atoms with Crippen LogP contribution in [0.25, 0.3) is 0 Å². The zero-order valence-corrected chi connectivity index (χ0v) is 33.7. The average molecular weight is 951 g/mol. The van der Waals surface area contributed by atoms with Crippen LogP contribution in [0.1, 0.15) is 0 Å². The van der Waals surface area contributed by atoms with Crippen LogP contribution in [-0.4, -0.2) is 97.7 Å². The predicted octanol–water partition coefficient (Wildman–Crippen LogP) is 6.10. The number of hydrogen-bond donors (Lipinski definition) is 1. The molecule has 0 atom stereocenters. The quantitative estimate of drug-likeness (QED) is 0.102. The maximum Gasteiger partial charge on any atom is 0.524 e. The van der Waals surface area contributed by atoms with Gasteiger partial charge in [-0.3, -0.25) is 0 Å². The molecule has 4 rings (SSSR count). The Morgan fingerprint density at radius 2 is 0.927 bits per heavy atom. The fourth-order valence-corrected chi connectivity index (χ4v) is 5.25. The number of nitrogens with two attached hydrogens (primary N) is 1. The lowest BCUT2D eigenvalue weighted by Gasteiger charge is -2.09. The van der Waals surface area contributed by atoms with E-state index < -0.39 is 42.0 Å². The predicted molar refractivity (Wildman–Crippen MR) is 193 cm³/mol. The molecule has 55 heavy (non-hydrogen) atoms. The molecule has 2 N–H and O–H groups in total. The number of nitrogen functional groups attached to an aromatic ring is 1. The van der Waals surface area contributed by atoms with Crippen LogP contribution in [0, 0.1) is 10.1 Å². The summed E-state index contributed by atoms with van der Waals surface area (Å²) in [6.45, 7) is 0. The molecular weight excluding hydrogens is 928 g/mol. The van der Waals surface area contributed by atoms with Gasteiger partial charge in [-0.25, -0.2) is 43.6 Å². The van der Waals surface area contributed by atoms with Crippen LogP contribution in [-0.2, 0) is 45.2 Å². The smallest absolute Gasteiger partial charge is 0.381 e. The van der Waals surface area contributed by atoms with Crippen LogP contribution < -0.4 is 5.73 Å². The van der Waals surface area contributed by atoms with Crippen LogP contribution in [0.2, 0.25) is 20.6 Å². The standard InChI is InChI=1S/2C6H8ClN3S.C4H2ClN3O2.C4H4ClN3.C2F6O5S2/c2*1-11(2)10-6-5(7)8-3-4-9-6;5-3-4(8(9)10)7-2-1-6-3;5-3-4(6)8-2-1-7-3;3-1(4,5)14(9,10)13-15(11,12)2(6,7)8/h2*3-4H,1-2H3;1-2H;1-2H,(H2,6,8);. The van der Waals surface area contributed by atoms with E-state index in [1.165, 1.54) is 24.8 Å². The highest BCUT2D eigenvalue weighted by Crippen LogP contribution is 2.32. The van der Waals surface area contributed by atoms with E-state index in [9.17, 15) is 53.3 Å².